The van der Waals surface area contributed by atoms with E-state index in [9.17, 15) is 28.4 Å². The summed E-state index contributed by atoms with van der Waals surface area (Å²) in [6, 6.07) is 23.7. The third-order valence-corrected chi connectivity index (χ3v) is 20.7. The van der Waals surface area contributed by atoms with E-state index in [1.54, 1.807) is 12.3 Å². The van der Waals surface area contributed by atoms with Crippen molar-refractivity contribution in [1.82, 2.24) is 29.5 Å². The number of H-pyrrole nitrogens is 1. The number of amides is 1. The van der Waals surface area contributed by atoms with E-state index in [1.807, 2.05) is 48.4 Å². The topological polar surface area (TPSA) is 233 Å². The highest BCUT2D eigenvalue weighted by Gasteiger charge is 2.50. The van der Waals surface area contributed by atoms with Crippen LogP contribution in [0.4, 0.5) is 34.3 Å². The van der Waals surface area contributed by atoms with Crippen molar-refractivity contribution in [1.29, 1.82) is 0 Å². The summed E-state index contributed by atoms with van der Waals surface area (Å²) in [5.74, 6) is 0.396. The van der Waals surface area contributed by atoms with Crippen molar-refractivity contribution >= 4 is 61.2 Å². The number of piperidine rings is 1. The molecule has 3 aromatic carbocycles. The van der Waals surface area contributed by atoms with E-state index in [0.29, 0.717) is 100 Å². The van der Waals surface area contributed by atoms with Crippen molar-refractivity contribution < 1.29 is 46.3 Å². The van der Waals surface area contributed by atoms with Gasteiger partial charge in [0.2, 0.25) is 5.88 Å². The number of carbonyl (C=O) groups excluding carboxylic acids is 1. The average Bonchev–Trinajstić information content (AvgIpc) is 0.974. The van der Waals surface area contributed by atoms with Crippen molar-refractivity contribution in [2.24, 2.45) is 11.3 Å². The van der Waals surface area contributed by atoms with Gasteiger partial charge in [0.05, 0.1) is 63.7 Å². The maximum atomic E-state index is 14.9. The number of fused-ring (bicyclic) bond motifs is 3. The third-order valence-electron chi connectivity index (χ3n) is 19.3. The summed E-state index contributed by atoms with van der Waals surface area (Å²) in [4.78, 5) is 50.7. The van der Waals surface area contributed by atoms with Gasteiger partial charge in [-0.1, -0.05) is 24.3 Å². The number of morpholine rings is 1. The number of rotatable bonds is 15. The molecule has 0 unspecified atom stereocenters. The average molecular weight is 1180 g/mol. The highest BCUT2D eigenvalue weighted by atomic mass is 32.2. The molecule has 3 aromatic heterocycles. The summed E-state index contributed by atoms with van der Waals surface area (Å²) in [5.41, 5.74) is 5.25. The van der Waals surface area contributed by atoms with E-state index >= 15 is 0 Å². The van der Waals surface area contributed by atoms with Crippen LogP contribution >= 0.6 is 0 Å². The summed E-state index contributed by atoms with van der Waals surface area (Å²) >= 11 is 0. The lowest BCUT2D eigenvalue weighted by Crippen LogP contribution is -2.59. The number of benzene rings is 3. The number of methoxy groups -OCH3 is 1. The monoisotopic (exact) mass is 1180 g/mol. The Morgan fingerprint density at radius 2 is 1.74 bits per heavy atom. The fourth-order valence-corrected chi connectivity index (χ4v) is 15.4. The lowest BCUT2D eigenvalue weighted by atomic mass is 9.59. The SMILES string of the molecule is [2H]C([2H])([2H])Oc1cc(CN2CCN(C3CC4(CCN(c5ccc(C(=O)NS(=O)(=O)c6ccc(NCC7CCC(C)(O)CC7)c([N+](=O)[O-])c6)c(N6c7cc8cc[nH]c8nc7O[C@H]7COCC[C@@H]76)c5)CC4)C3)[C@H](c3ccccc3C)C2)cnc1N1CCOCC1. The summed E-state index contributed by atoms with van der Waals surface area (Å²) in [6.45, 7) is 12.0. The standard InChI is InChI=1S/C63H77N11O10S/c1-41-6-4-5-7-48(41)55-39-69(38-43-30-56(81-3)59(66-37-43)71-25-28-82-29-26-71)23-24-72(55)46-34-63(35-46)18-21-70(22-19-63)45-8-10-49(52(32-45)73-51-15-27-83-40-57(51)84-61-54(73)31-44-14-20-64-58(44)67-61)60(75)68-85(79,80)47-9-11-50(53(33-47)74(77)78)65-36-42-12-16-62(2,76)17-13-42/h4-11,14,20,30-33,37,42,46,51,55,57,65,76H,12-13,15-19,21-29,34-36,38-40H2,1-3H3,(H,64,67)(H,68,75)/t42?,51-,55-,57-,62?/m0/s1/i3D3. The third kappa shape index (κ3) is 11.6. The zero-order chi connectivity index (χ0) is 61.1. The van der Waals surface area contributed by atoms with Crippen LogP contribution in [0.1, 0.15) is 102 Å². The fourth-order valence-electron chi connectivity index (χ4n) is 14.4. The molecule has 1 amide bonds. The van der Waals surface area contributed by atoms with Gasteiger partial charge in [-0.2, -0.15) is 4.98 Å². The molecule has 4 N–H and O–H groups in total. The van der Waals surface area contributed by atoms with Gasteiger partial charge in [0.1, 0.15) is 23.1 Å². The predicted molar refractivity (Wildman–Crippen MR) is 324 cm³/mol. The van der Waals surface area contributed by atoms with Gasteiger partial charge in [-0.3, -0.25) is 24.7 Å². The molecule has 21 nitrogen and oxygen atoms in total. The molecule has 6 fully saturated rings. The quantitative estimate of drug-likeness (QED) is 0.0557. The van der Waals surface area contributed by atoms with Gasteiger partial charge in [-0.15, -0.1) is 0 Å². The number of anilines is 5. The van der Waals surface area contributed by atoms with Crippen molar-refractivity contribution in [3.63, 3.8) is 0 Å². The van der Waals surface area contributed by atoms with Crippen molar-refractivity contribution in [3.05, 3.63) is 124 Å². The van der Waals surface area contributed by atoms with Gasteiger partial charge in [0.15, 0.2) is 11.6 Å². The number of aryl methyl sites for hydroxylation is 1. The first kappa shape index (κ1) is 53.4. The van der Waals surface area contributed by atoms with Crippen LogP contribution in [0.15, 0.2) is 96.2 Å². The normalized spacial score (nSPS) is 25.4. The summed E-state index contributed by atoms with van der Waals surface area (Å²) in [5, 5.41) is 26.9. The van der Waals surface area contributed by atoms with Gasteiger partial charge in [0.25, 0.3) is 21.6 Å². The molecule has 0 bridgehead atoms. The molecule has 0 radical (unpaired) electrons. The number of sulfonamides is 1. The Kier molecular flexibility index (Phi) is 14.6. The minimum atomic E-state index is -4.67. The Hall–Kier alpha value is -7.08. The molecular weight excluding hydrogens is 1100 g/mol. The Morgan fingerprint density at radius 1 is 0.929 bits per heavy atom. The summed E-state index contributed by atoms with van der Waals surface area (Å²) in [7, 11) is -7.29. The minimum absolute atomic E-state index is 0.0862. The first-order valence-electron chi connectivity index (χ1n) is 31.5. The van der Waals surface area contributed by atoms with Crippen LogP contribution in [0.25, 0.3) is 11.0 Å². The molecule has 3 atom stereocenters. The lowest BCUT2D eigenvalue weighted by molar-refractivity contribution is -0.384. The van der Waals surface area contributed by atoms with Crippen molar-refractivity contribution in [3.8, 4) is 11.6 Å². The minimum Gasteiger partial charge on any atom is -0.493 e. The number of nitro benzene ring substituents is 1. The lowest BCUT2D eigenvalue weighted by Gasteiger charge is -2.58. The van der Waals surface area contributed by atoms with E-state index in [0.717, 1.165) is 94.0 Å². The van der Waals surface area contributed by atoms with Crippen LogP contribution in [0, 0.1) is 28.4 Å². The maximum absolute atomic E-state index is 14.9. The molecule has 1 spiro atoms. The van der Waals surface area contributed by atoms with Crippen LogP contribution < -0.4 is 34.2 Å². The highest BCUT2D eigenvalue weighted by Crippen LogP contribution is 2.54. The first-order valence-corrected chi connectivity index (χ1v) is 31.5. The molecular formula is C63H77N11O10S. The van der Waals surface area contributed by atoms with Crippen molar-refractivity contribution in [2.45, 2.75) is 113 Å². The Morgan fingerprint density at radius 3 is 2.53 bits per heavy atom. The molecule has 7 aliphatic rings. The summed E-state index contributed by atoms with van der Waals surface area (Å²) < 4.78 is 78.3. The molecule has 450 valence electrons. The largest absolute Gasteiger partial charge is 0.493 e. The fraction of sp³-hybridized carbons (Fsp3) is 0.508. The second kappa shape index (κ2) is 23.3. The number of aromatic nitrogens is 3. The van der Waals surface area contributed by atoms with E-state index in [2.05, 4.69) is 65.8 Å². The Labute approximate surface area is 500 Å². The van der Waals surface area contributed by atoms with Crippen LogP contribution in [-0.4, -0.2) is 159 Å². The number of nitrogens with one attached hydrogen (secondary N) is 3. The first-order chi connectivity index (χ1) is 42.2. The van der Waals surface area contributed by atoms with E-state index in [1.165, 1.54) is 23.3 Å². The number of pyridine rings is 2. The number of hydrogen-bond donors (Lipinski definition) is 4. The number of piperazine rings is 1. The van der Waals surface area contributed by atoms with Crippen LogP contribution in [0.3, 0.4) is 0 Å². The van der Waals surface area contributed by atoms with E-state index in [4.69, 9.17) is 33.0 Å². The molecule has 2 aliphatic carbocycles. The number of hydrogen-bond acceptors (Lipinski definition) is 18. The Bertz CT molecular complexity index is 3690. The number of carbonyl (C=O) groups is 1. The van der Waals surface area contributed by atoms with Gasteiger partial charge in [-0.05, 0) is 148 Å². The summed E-state index contributed by atoms with van der Waals surface area (Å²) in [6.07, 6.45) is 10.5. The van der Waals surface area contributed by atoms with Gasteiger partial charge in [0, 0.05) is 107 Å². The van der Waals surface area contributed by atoms with Gasteiger partial charge in [-0.25, -0.2) is 18.1 Å². The predicted octanol–water partition coefficient (Wildman–Crippen LogP) is 8.49. The van der Waals surface area contributed by atoms with Crippen LogP contribution in [-0.2, 0) is 26.0 Å². The number of nitrogens with zero attached hydrogens (tertiary/aromatic N) is 8. The number of ether oxygens (including phenoxy) is 4. The zero-order valence-corrected chi connectivity index (χ0v) is 49.0. The molecule has 6 aromatic rings. The van der Waals surface area contributed by atoms with Gasteiger partial charge >= 0.3 is 0 Å². The van der Waals surface area contributed by atoms with Gasteiger partial charge < -0.3 is 49.1 Å². The highest BCUT2D eigenvalue weighted by molar-refractivity contribution is 7.90. The molecule has 2 saturated carbocycles. The molecule has 22 heteroatoms. The number of aliphatic hydroxyl groups is 1. The zero-order valence-electron chi connectivity index (χ0n) is 51.2. The Balaban J connectivity index is 0.735. The second-order valence-electron chi connectivity index (χ2n) is 24.8. The number of nitro groups is 1. The second-order valence-corrected chi connectivity index (χ2v) is 26.5. The van der Waals surface area contributed by atoms with Crippen LogP contribution in [0.2, 0.25) is 0 Å². The maximum Gasteiger partial charge on any atom is 0.293 e. The van der Waals surface area contributed by atoms with E-state index in [-0.39, 0.29) is 47.0 Å². The van der Waals surface area contributed by atoms with Crippen LogP contribution in [0.5, 0.6) is 11.6 Å². The molecule has 4 saturated heterocycles. The molecule has 5 aliphatic heterocycles. The smallest absolute Gasteiger partial charge is 0.293 e. The molecule has 13 rings (SSSR count). The molecule has 8 heterocycles. The molecule has 85 heavy (non-hydrogen) atoms. The van der Waals surface area contributed by atoms with Crippen molar-refractivity contribution in [2.75, 3.05) is 106 Å². The van der Waals surface area contributed by atoms with E-state index < -0.39 is 50.2 Å². The number of aromatic amines is 1.